The molecule has 0 spiro atoms. The number of aryl methyl sites for hydroxylation is 1. The summed E-state index contributed by atoms with van der Waals surface area (Å²) >= 11 is 0. The van der Waals surface area contributed by atoms with Gasteiger partial charge in [0.05, 0.1) is 12.6 Å². The van der Waals surface area contributed by atoms with Crippen molar-refractivity contribution in [2.75, 3.05) is 0 Å². The van der Waals surface area contributed by atoms with Gasteiger partial charge in [-0.15, -0.1) is 0 Å². The molecule has 19 heavy (non-hydrogen) atoms. The molecule has 0 aliphatic heterocycles. The van der Waals surface area contributed by atoms with Crippen molar-refractivity contribution in [2.45, 2.75) is 32.4 Å². The van der Waals surface area contributed by atoms with Gasteiger partial charge in [0.25, 0.3) is 5.56 Å². The molecule has 2 rings (SSSR count). The number of benzene rings is 1. The summed E-state index contributed by atoms with van der Waals surface area (Å²) in [5.41, 5.74) is 1.86. The number of rotatable bonds is 5. The number of aliphatic hydroxyl groups excluding tert-OH is 1. The molecule has 2 aromatic rings. The molecule has 1 aromatic heterocycles. The van der Waals surface area contributed by atoms with Gasteiger partial charge in [-0.1, -0.05) is 37.6 Å². The first-order chi connectivity index (χ1) is 9.20. The Kier molecular flexibility index (Phi) is 4.47. The van der Waals surface area contributed by atoms with E-state index in [4.69, 9.17) is 0 Å². The van der Waals surface area contributed by atoms with Gasteiger partial charge in [0.15, 0.2) is 0 Å². The summed E-state index contributed by atoms with van der Waals surface area (Å²) < 4.78 is 1.27. The standard InChI is InChI=1S/C15H18N2O2/c1-2-4-12-6-8-13(9-7-12)14(18)11-17-15(19)5-3-10-16-17/h3,5-10,14,18H,2,4,11H2,1H3. The molecule has 0 aliphatic rings. The largest absolute Gasteiger partial charge is 0.386 e. The summed E-state index contributed by atoms with van der Waals surface area (Å²) in [7, 11) is 0. The second kappa shape index (κ2) is 6.29. The van der Waals surface area contributed by atoms with E-state index in [1.165, 1.54) is 16.3 Å². The number of nitrogens with zero attached hydrogens (tertiary/aromatic N) is 2. The third-order valence-corrected chi connectivity index (χ3v) is 3.03. The highest BCUT2D eigenvalue weighted by Gasteiger charge is 2.09. The molecule has 0 bridgehead atoms. The van der Waals surface area contributed by atoms with Crippen LogP contribution in [0.15, 0.2) is 47.4 Å². The predicted molar refractivity (Wildman–Crippen MR) is 73.9 cm³/mol. The summed E-state index contributed by atoms with van der Waals surface area (Å²) in [6.07, 6.45) is 2.96. The quantitative estimate of drug-likeness (QED) is 0.891. The van der Waals surface area contributed by atoms with Crippen molar-refractivity contribution in [3.63, 3.8) is 0 Å². The molecule has 0 saturated carbocycles. The molecule has 1 N–H and O–H groups in total. The predicted octanol–water partition coefficient (Wildman–Crippen LogP) is 1.93. The fraction of sp³-hybridized carbons (Fsp3) is 0.333. The first-order valence-corrected chi connectivity index (χ1v) is 6.49. The highest BCUT2D eigenvalue weighted by atomic mass is 16.3. The van der Waals surface area contributed by atoms with Crippen molar-refractivity contribution in [2.24, 2.45) is 0 Å². The molecular weight excluding hydrogens is 240 g/mol. The normalized spacial score (nSPS) is 12.3. The number of aromatic nitrogens is 2. The van der Waals surface area contributed by atoms with E-state index in [0.717, 1.165) is 18.4 Å². The van der Waals surface area contributed by atoms with Crippen LogP contribution in [0.3, 0.4) is 0 Å². The minimum absolute atomic E-state index is 0.173. The van der Waals surface area contributed by atoms with Gasteiger partial charge >= 0.3 is 0 Å². The highest BCUT2D eigenvalue weighted by Crippen LogP contribution is 2.15. The molecule has 1 aromatic carbocycles. The molecular formula is C15H18N2O2. The van der Waals surface area contributed by atoms with E-state index in [-0.39, 0.29) is 12.1 Å². The maximum absolute atomic E-state index is 11.5. The maximum atomic E-state index is 11.5. The van der Waals surface area contributed by atoms with E-state index < -0.39 is 6.10 Å². The summed E-state index contributed by atoms with van der Waals surface area (Å²) in [6, 6.07) is 10.9. The third-order valence-electron chi connectivity index (χ3n) is 3.03. The fourth-order valence-corrected chi connectivity index (χ4v) is 1.99. The van der Waals surface area contributed by atoms with Crippen molar-refractivity contribution in [1.82, 2.24) is 9.78 Å². The van der Waals surface area contributed by atoms with Crippen LogP contribution in [0, 0.1) is 0 Å². The summed E-state index contributed by atoms with van der Waals surface area (Å²) in [6.45, 7) is 2.31. The zero-order chi connectivity index (χ0) is 13.7. The molecule has 1 unspecified atom stereocenters. The van der Waals surface area contributed by atoms with Crippen LogP contribution in [0.5, 0.6) is 0 Å². The maximum Gasteiger partial charge on any atom is 0.266 e. The lowest BCUT2D eigenvalue weighted by Gasteiger charge is -2.12. The second-order valence-electron chi connectivity index (χ2n) is 4.55. The molecule has 0 saturated heterocycles. The molecule has 0 fully saturated rings. The Morgan fingerprint density at radius 2 is 2.00 bits per heavy atom. The summed E-state index contributed by atoms with van der Waals surface area (Å²) in [5, 5.41) is 14.1. The van der Waals surface area contributed by atoms with Crippen LogP contribution >= 0.6 is 0 Å². The number of hydrogen-bond acceptors (Lipinski definition) is 3. The zero-order valence-corrected chi connectivity index (χ0v) is 11.0. The first-order valence-electron chi connectivity index (χ1n) is 6.49. The van der Waals surface area contributed by atoms with Crippen LogP contribution in [-0.2, 0) is 13.0 Å². The number of aliphatic hydroxyl groups is 1. The zero-order valence-electron chi connectivity index (χ0n) is 11.0. The van der Waals surface area contributed by atoms with Crippen LogP contribution in [0.1, 0.15) is 30.6 Å². The van der Waals surface area contributed by atoms with E-state index in [0.29, 0.717) is 0 Å². The molecule has 100 valence electrons. The van der Waals surface area contributed by atoms with Crippen molar-refractivity contribution in [3.8, 4) is 0 Å². The Morgan fingerprint density at radius 3 is 2.63 bits per heavy atom. The molecule has 4 heteroatoms. The van der Waals surface area contributed by atoms with E-state index in [9.17, 15) is 9.90 Å². The summed E-state index contributed by atoms with van der Waals surface area (Å²) in [4.78, 5) is 11.5. The van der Waals surface area contributed by atoms with Gasteiger partial charge in [-0.05, 0) is 23.6 Å². The van der Waals surface area contributed by atoms with E-state index >= 15 is 0 Å². The van der Waals surface area contributed by atoms with Crippen molar-refractivity contribution in [1.29, 1.82) is 0 Å². The minimum atomic E-state index is -0.719. The van der Waals surface area contributed by atoms with Crippen molar-refractivity contribution < 1.29 is 5.11 Å². The Morgan fingerprint density at radius 1 is 1.26 bits per heavy atom. The van der Waals surface area contributed by atoms with E-state index in [2.05, 4.69) is 12.0 Å². The lowest BCUT2D eigenvalue weighted by atomic mass is 10.0. The molecule has 4 nitrogen and oxygen atoms in total. The Bertz CT molecular complexity index is 575. The van der Waals surface area contributed by atoms with Gasteiger partial charge in [-0.3, -0.25) is 4.79 Å². The molecule has 0 radical (unpaired) electrons. The molecule has 1 atom stereocenters. The van der Waals surface area contributed by atoms with E-state index in [1.807, 2.05) is 24.3 Å². The Balaban J connectivity index is 2.09. The van der Waals surface area contributed by atoms with Crippen LogP contribution in [0.4, 0.5) is 0 Å². The minimum Gasteiger partial charge on any atom is -0.386 e. The third kappa shape index (κ3) is 3.51. The molecule has 1 heterocycles. The fourth-order valence-electron chi connectivity index (χ4n) is 1.99. The van der Waals surface area contributed by atoms with Crippen LogP contribution in [0.2, 0.25) is 0 Å². The topological polar surface area (TPSA) is 55.1 Å². The van der Waals surface area contributed by atoms with Gasteiger partial charge in [-0.25, -0.2) is 4.68 Å². The van der Waals surface area contributed by atoms with Crippen LogP contribution in [-0.4, -0.2) is 14.9 Å². The number of hydrogen-bond donors (Lipinski definition) is 1. The lowest BCUT2D eigenvalue weighted by molar-refractivity contribution is 0.149. The van der Waals surface area contributed by atoms with Crippen molar-refractivity contribution >= 4 is 0 Å². The smallest absolute Gasteiger partial charge is 0.266 e. The van der Waals surface area contributed by atoms with Gasteiger partial charge in [0, 0.05) is 12.3 Å². The van der Waals surface area contributed by atoms with Crippen molar-refractivity contribution in [3.05, 3.63) is 64.1 Å². The average molecular weight is 258 g/mol. The summed E-state index contributed by atoms with van der Waals surface area (Å²) in [5.74, 6) is 0. The van der Waals surface area contributed by atoms with E-state index in [1.54, 1.807) is 12.3 Å². The Hall–Kier alpha value is -1.94. The highest BCUT2D eigenvalue weighted by molar-refractivity contribution is 5.24. The average Bonchev–Trinajstić information content (AvgIpc) is 2.42. The molecule has 0 amide bonds. The van der Waals surface area contributed by atoms with Gasteiger partial charge < -0.3 is 5.11 Å². The van der Waals surface area contributed by atoms with Gasteiger partial charge in [-0.2, -0.15) is 5.10 Å². The van der Waals surface area contributed by atoms with Gasteiger partial charge in [0.1, 0.15) is 0 Å². The SMILES string of the molecule is CCCc1ccc(C(O)Cn2ncccc2=O)cc1. The Labute approximate surface area is 112 Å². The monoisotopic (exact) mass is 258 g/mol. The van der Waals surface area contributed by atoms with Crippen LogP contribution < -0.4 is 5.56 Å². The van der Waals surface area contributed by atoms with Crippen LogP contribution in [0.25, 0.3) is 0 Å². The molecule has 0 aliphatic carbocycles. The lowest BCUT2D eigenvalue weighted by Crippen LogP contribution is -2.24. The second-order valence-corrected chi connectivity index (χ2v) is 4.55. The van der Waals surface area contributed by atoms with Gasteiger partial charge in [0.2, 0.25) is 0 Å². The first kappa shape index (κ1) is 13.5.